The van der Waals surface area contributed by atoms with E-state index in [4.69, 9.17) is 4.74 Å². The van der Waals surface area contributed by atoms with Crippen molar-refractivity contribution in [3.05, 3.63) is 23.8 Å². The van der Waals surface area contributed by atoms with Crippen LogP contribution in [0, 0.1) is 11.3 Å². The van der Waals surface area contributed by atoms with E-state index in [-0.39, 0.29) is 18.2 Å². The van der Waals surface area contributed by atoms with Gasteiger partial charge in [0.05, 0.1) is 18.4 Å². The maximum Gasteiger partial charge on any atom is 0.309 e. The molecule has 1 heterocycles. The van der Waals surface area contributed by atoms with Gasteiger partial charge in [0.1, 0.15) is 11.5 Å². The van der Waals surface area contributed by atoms with Gasteiger partial charge in [0.2, 0.25) is 5.91 Å². The summed E-state index contributed by atoms with van der Waals surface area (Å²) in [7, 11) is 1.49. The molecule has 1 atom stereocenters. The molecule has 1 amide bonds. The predicted molar refractivity (Wildman–Crippen MR) is 72.9 cm³/mol. The number of aliphatic carboxylic acids is 1. The van der Waals surface area contributed by atoms with Crippen LogP contribution in [0.15, 0.2) is 18.2 Å². The molecule has 6 heteroatoms. The number of amides is 1. The van der Waals surface area contributed by atoms with Crippen LogP contribution >= 0.6 is 0 Å². The molecule has 2 N–H and O–H groups in total. The van der Waals surface area contributed by atoms with Gasteiger partial charge in [-0.3, -0.25) is 9.59 Å². The molecule has 1 saturated heterocycles. The molecule has 1 aliphatic carbocycles. The summed E-state index contributed by atoms with van der Waals surface area (Å²) in [5.74, 6) is -1.02. The highest BCUT2D eigenvalue weighted by Crippen LogP contribution is 2.57. The summed E-state index contributed by atoms with van der Waals surface area (Å²) in [5.41, 5.74) is 0.0844. The molecule has 1 unspecified atom stereocenters. The summed E-state index contributed by atoms with van der Waals surface area (Å²) in [6.45, 7) is 0.534. The van der Waals surface area contributed by atoms with Crippen molar-refractivity contribution in [3.8, 4) is 11.5 Å². The Kier molecular flexibility index (Phi) is 3.04. The van der Waals surface area contributed by atoms with E-state index in [2.05, 4.69) is 0 Å². The third kappa shape index (κ3) is 2.11. The third-order valence-corrected chi connectivity index (χ3v) is 4.50. The number of carboxylic acids is 1. The Hall–Kier alpha value is -2.24. The summed E-state index contributed by atoms with van der Waals surface area (Å²) in [6, 6.07) is 4.70. The average Bonchev–Trinajstić information content (AvgIpc) is 3.19. The number of rotatable bonds is 4. The van der Waals surface area contributed by atoms with Crippen molar-refractivity contribution in [1.29, 1.82) is 0 Å². The van der Waals surface area contributed by atoms with Crippen molar-refractivity contribution in [2.24, 2.45) is 11.3 Å². The molecule has 21 heavy (non-hydrogen) atoms. The molecule has 112 valence electrons. The Labute approximate surface area is 121 Å². The van der Waals surface area contributed by atoms with E-state index in [1.807, 2.05) is 0 Å². The van der Waals surface area contributed by atoms with Crippen LogP contribution in [0.2, 0.25) is 0 Å². The molecule has 6 nitrogen and oxygen atoms in total. The Balaban J connectivity index is 1.83. The predicted octanol–water partition coefficient (Wildman–Crippen LogP) is 1.22. The number of likely N-dealkylation sites (tertiary alicyclic amines) is 1. The summed E-state index contributed by atoms with van der Waals surface area (Å²) < 4.78 is 5.20. The van der Waals surface area contributed by atoms with Gasteiger partial charge in [-0.25, -0.2) is 0 Å². The van der Waals surface area contributed by atoms with E-state index in [1.54, 1.807) is 11.0 Å². The Morgan fingerprint density at radius 3 is 2.71 bits per heavy atom. The van der Waals surface area contributed by atoms with Gasteiger partial charge in [-0.15, -0.1) is 0 Å². The van der Waals surface area contributed by atoms with Crippen molar-refractivity contribution in [3.63, 3.8) is 0 Å². The second kappa shape index (κ2) is 4.65. The fraction of sp³-hybridized carbons (Fsp3) is 0.467. The largest absolute Gasteiger partial charge is 0.508 e. The molecular weight excluding hydrogens is 274 g/mol. The lowest BCUT2D eigenvalue weighted by atomic mass is 9.93. The van der Waals surface area contributed by atoms with Crippen molar-refractivity contribution in [2.45, 2.75) is 19.4 Å². The van der Waals surface area contributed by atoms with Crippen molar-refractivity contribution in [2.75, 3.05) is 13.7 Å². The molecule has 2 aliphatic rings. The Morgan fingerprint density at radius 1 is 1.48 bits per heavy atom. The van der Waals surface area contributed by atoms with Crippen molar-refractivity contribution < 1.29 is 24.5 Å². The second-order valence-electron chi connectivity index (χ2n) is 5.73. The molecule has 1 aromatic rings. The fourth-order valence-corrected chi connectivity index (χ4v) is 3.16. The average molecular weight is 291 g/mol. The first-order valence-electron chi connectivity index (χ1n) is 6.86. The molecule has 3 rings (SSSR count). The number of phenols is 1. The number of benzene rings is 1. The SMILES string of the molecule is COc1cc(O)ccc1CN1CC(C(=O)O)C2(CC2)C1=O. The summed E-state index contributed by atoms with van der Waals surface area (Å²) in [5, 5.41) is 18.7. The number of hydrogen-bond acceptors (Lipinski definition) is 4. The molecule has 0 aromatic heterocycles. The van der Waals surface area contributed by atoms with Gasteiger partial charge in [-0.2, -0.15) is 0 Å². The molecule has 1 spiro atoms. The quantitative estimate of drug-likeness (QED) is 0.871. The van der Waals surface area contributed by atoms with Gasteiger partial charge in [-0.05, 0) is 25.0 Å². The van der Waals surface area contributed by atoms with Crippen molar-refractivity contribution in [1.82, 2.24) is 4.90 Å². The minimum absolute atomic E-state index is 0.0787. The number of carboxylic acid groups (broad SMARTS) is 1. The van der Waals surface area contributed by atoms with E-state index < -0.39 is 17.3 Å². The number of carbonyl (C=O) groups excluding carboxylic acids is 1. The minimum Gasteiger partial charge on any atom is -0.508 e. The van der Waals surface area contributed by atoms with Gasteiger partial charge in [0.25, 0.3) is 0 Å². The van der Waals surface area contributed by atoms with E-state index in [1.165, 1.54) is 19.2 Å². The zero-order valence-electron chi connectivity index (χ0n) is 11.7. The van der Waals surface area contributed by atoms with E-state index in [0.717, 1.165) is 5.56 Å². The van der Waals surface area contributed by atoms with Gasteiger partial charge in [-0.1, -0.05) is 0 Å². The number of hydrogen-bond donors (Lipinski definition) is 2. The molecule has 1 saturated carbocycles. The van der Waals surface area contributed by atoms with Gasteiger partial charge in [0, 0.05) is 24.7 Å². The number of ether oxygens (including phenoxy) is 1. The third-order valence-electron chi connectivity index (χ3n) is 4.50. The first kappa shape index (κ1) is 13.7. The molecule has 1 aliphatic heterocycles. The van der Waals surface area contributed by atoms with E-state index >= 15 is 0 Å². The Morgan fingerprint density at radius 2 is 2.19 bits per heavy atom. The summed E-state index contributed by atoms with van der Waals surface area (Å²) in [6.07, 6.45) is 1.32. The lowest BCUT2D eigenvalue weighted by Crippen LogP contribution is -2.27. The minimum atomic E-state index is -0.902. The van der Waals surface area contributed by atoms with Crippen LogP contribution in [-0.4, -0.2) is 40.6 Å². The smallest absolute Gasteiger partial charge is 0.309 e. The highest BCUT2D eigenvalue weighted by molar-refractivity contribution is 5.94. The highest BCUT2D eigenvalue weighted by Gasteiger charge is 2.64. The number of methoxy groups -OCH3 is 1. The van der Waals surface area contributed by atoms with Crippen molar-refractivity contribution >= 4 is 11.9 Å². The fourth-order valence-electron chi connectivity index (χ4n) is 3.16. The molecule has 0 radical (unpaired) electrons. The Bertz CT molecular complexity index is 608. The maximum absolute atomic E-state index is 12.4. The number of carbonyl (C=O) groups is 2. The van der Waals surface area contributed by atoms with E-state index in [0.29, 0.717) is 25.1 Å². The zero-order chi connectivity index (χ0) is 15.2. The topological polar surface area (TPSA) is 87.1 Å². The zero-order valence-corrected chi connectivity index (χ0v) is 11.7. The van der Waals surface area contributed by atoms with Crippen LogP contribution in [0.1, 0.15) is 18.4 Å². The summed E-state index contributed by atoms with van der Waals surface area (Å²) >= 11 is 0. The number of nitrogens with zero attached hydrogens (tertiary/aromatic N) is 1. The molecule has 0 bridgehead atoms. The van der Waals surface area contributed by atoms with E-state index in [9.17, 15) is 19.8 Å². The lowest BCUT2D eigenvalue weighted by Gasteiger charge is -2.18. The maximum atomic E-state index is 12.4. The molecule has 1 aromatic carbocycles. The monoisotopic (exact) mass is 291 g/mol. The highest BCUT2D eigenvalue weighted by atomic mass is 16.5. The standard InChI is InChI=1S/C15H17NO5/c1-21-12-6-10(17)3-2-9(12)7-16-8-11(13(18)19)15(4-5-15)14(16)20/h2-3,6,11,17H,4-5,7-8H2,1H3,(H,18,19). The van der Waals surface area contributed by atoms with Crippen LogP contribution in [0.3, 0.4) is 0 Å². The van der Waals surface area contributed by atoms with Crippen LogP contribution in [0.4, 0.5) is 0 Å². The first-order valence-corrected chi connectivity index (χ1v) is 6.86. The van der Waals surface area contributed by atoms with Crippen LogP contribution in [-0.2, 0) is 16.1 Å². The normalized spacial score (nSPS) is 22.6. The number of aromatic hydroxyl groups is 1. The van der Waals surface area contributed by atoms with Gasteiger partial charge < -0.3 is 19.8 Å². The summed E-state index contributed by atoms with van der Waals surface area (Å²) in [4.78, 5) is 25.4. The lowest BCUT2D eigenvalue weighted by molar-refractivity contribution is -0.144. The van der Waals surface area contributed by atoms with Gasteiger partial charge >= 0.3 is 5.97 Å². The van der Waals surface area contributed by atoms with Crippen LogP contribution < -0.4 is 4.74 Å². The molecular formula is C15H17NO5. The number of phenolic OH excluding ortho intramolecular Hbond substituents is 1. The van der Waals surface area contributed by atoms with Gasteiger partial charge in [0.15, 0.2) is 0 Å². The second-order valence-corrected chi connectivity index (χ2v) is 5.73. The van der Waals surface area contributed by atoms with Crippen LogP contribution in [0.5, 0.6) is 11.5 Å². The van der Waals surface area contributed by atoms with Crippen LogP contribution in [0.25, 0.3) is 0 Å². The molecule has 2 fully saturated rings. The first-order chi connectivity index (χ1) is 9.98.